The van der Waals surface area contributed by atoms with Crippen LogP contribution in [-0.2, 0) is 0 Å². The Morgan fingerprint density at radius 2 is 2.50 bits per heavy atom. The van der Waals surface area contributed by atoms with Gasteiger partial charge in [0.1, 0.15) is 5.38 Å². The van der Waals surface area contributed by atoms with E-state index in [1.54, 1.807) is 0 Å². The van der Waals surface area contributed by atoms with Gasteiger partial charge in [-0.1, -0.05) is 0 Å². The number of aliphatic hydroxyl groups is 1. The molecule has 1 N–H and O–H groups in total. The lowest BCUT2D eigenvalue weighted by atomic mass is 10.2. The van der Waals surface area contributed by atoms with E-state index in [-0.39, 0.29) is 12.6 Å². The Balaban J connectivity index is 2.36. The highest BCUT2D eigenvalue weighted by molar-refractivity contribution is 6.22. The van der Waals surface area contributed by atoms with Crippen LogP contribution in [0, 0.1) is 11.3 Å². The van der Waals surface area contributed by atoms with Gasteiger partial charge in [-0.05, 0) is 19.4 Å². The maximum Gasteiger partial charge on any atom is 0.133 e. The van der Waals surface area contributed by atoms with Crippen molar-refractivity contribution in [3.8, 4) is 6.07 Å². The quantitative estimate of drug-likeness (QED) is 0.659. The van der Waals surface area contributed by atoms with Crippen LogP contribution in [-0.4, -0.2) is 41.1 Å². The zero-order valence-electron chi connectivity index (χ0n) is 6.91. The van der Waals surface area contributed by atoms with Crippen LogP contribution in [0.1, 0.15) is 12.8 Å². The molecule has 1 heterocycles. The normalized spacial score (nSPS) is 26.9. The molecule has 0 aromatic carbocycles. The van der Waals surface area contributed by atoms with Crippen molar-refractivity contribution in [3.05, 3.63) is 0 Å². The Bertz CT molecular complexity index is 180. The van der Waals surface area contributed by atoms with Crippen molar-refractivity contribution in [2.45, 2.75) is 24.3 Å². The Kier molecular flexibility index (Phi) is 3.80. The Morgan fingerprint density at radius 1 is 1.75 bits per heavy atom. The summed E-state index contributed by atoms with van der Waals surface area (Å²) in [5.74, 6) is 0. The minimum atomic E-state index is -0.447. The first kappa shape index (κ1) is 9.79. The predicted molar refractivity (Wildman–Crippen MR) is 46.9 cm³/mol. The van der Waals surface area contributed by atoms with E-state index in [2.05, 4.69) is 4.90 Å². The Hall–Kier alpha value is -0.300. The SMILES string of the molecule is N#CC(Cl)CN1CCC[C@@H]1CO. The van der Waals surface area contributed by atoms with Crippen LogP contribution in [0.3, 0.4) is 0 Å². The standard InChI is InChI=1S/C8H13ClN2O/c9-7(4-10)5-11-3-1-2-8(11)6-12/h7-8,12H,1-3,5-6H2/t7?,8-/m1/s1. The Morgan fingerprint density at radius 3 is 3.08 bits per heavy atom. The molecule has 4 heteroatoms. The molecule has 0 aliphatic carbocycles. The average Bonchev–Trinajstić information content (AvgIpc) is 2.51. The van der Waals surface area contributed by atoms with Gasteiger partial charge in [-0.3, -0.25) is 4.90 Å². The van der Waals surface area contributed by atoms with Gasteiger partial charge in [-0.15, -0.1) is 11.6 Å². The number of hydrogen-bond donors (Lipinski definition) is 1. The van der Waals surface area contributed by atoms with E-state index in [0.717, 1.165) is 19.4 Å². The van der Waals surface area contributed by atoms with Crippen molar-refractivity contribution in [2.75, 3.05) is 19.7 Å². The second kappa shape index (κ2) is 4.66. The highest BCUT2D eigenvalue weighted by Gasteiger charge is 2.25. The molecule has 1 aliphatic rings. The van der Waals surface area contributed by atoms with E-state index in [1.165, 1.54) is 0 Å². The summed E-state index contributed by atoms with van der Waals surface area (Å²) in [6, 6.07) is 2.20. The van der Waals surface area contributed by atoms with Gasteiger partial charge >= 0.3 is 0 Å². The molecular weight excluding hydrogens is 176 g/mol. The van der Waals surface area contributed by atoms with Gasteiger partial charge in [0.15, 0.2) is 0 Å². The molecule has 1 rings (SSSR count). The van der Waals surface area contributed by atoms with Gasteiger partial charge < -0.3 is 5.11 Å². The van der Waals surface area contributed by atoms with Crippen LogP contribution in [0.4, 0.5) is 0 Å². The molecule has 1 unspecified atom stereocenters. The molecular formula is C8H13ClN2O. The predicted octanol–water partition coefficient (Wildman–Crippen LogP) is 0.574. The zero-order chi connectivity index (χ0) is 8.97. The number of halogens is 1. The van der Waals surface area contributed by atoms with Crippen molar-refractivity contribution in [1.82, 2.24) is 4.90 Å². The first-order chi connectivity index (χ1) is 5.77. The van der Waals surface area contributed by atoms with E-state index < -0.39 is 5.38 Å². The van der Waals surface area contributed by atoms with Crippen LogP contribution in [0.15, 0.2) is 0 Å². The molecule has 3 nitrogen and oxygen atoms in total. The van der Waals surface area contributed by atoms with Crippen molar-refractivity contribution in [1.29, 1.82) is 5.26 Å². The van der Waals surface area contributed by atoms with Gasteiger partial charge in [0.2, 0.25) is 0 Å². The summed E-state index contributed by atoms with van der Waals surface area (Å²) in [4.78, 5) is 2.08. The van der Waals surface area contributed by atoms with E-state index in [0.29, 0.717) is 6.54 Å². The molecule has 0 radical (unpaired) electrons. The van der Waals surface area contributed by atoms with E-state index in [4.69, 9.17) is 22.0 Å². The fourth-order valence-corrected chi connectivity index (χ4v) is 1.77. The molecule has 1 aliphatic heterocycles. The van der Waals surface area contributed by atoms with Crippen LogP contribution in [0.5, 0.6) is 0 Å². The third-order valence-electron chi connectivity index (χ3n) is 2.24. The summed E-state index contributed by atoms with van der Waals surface area (Å²) in [5.41, 5.74) is 0. The highest BCUT2D eigenvalue weighted by atomic mass is 35.5. The maximum absolute atomic E-state index is 8.95. The molecule has 12 heavy (non-hydrogen) atoms. The molecule has 0 amide bonds. The summed E-state index contributed by atoms with van der Waals surface area (Å²) in [6.07, 6.45) is 2.12. The van der Waals surface area contributed by atoms with E-state index in [9.17, 15) is 0 Å². The number of hydrogen-bond acceptors (Lipinski definition) is 3. The summed E-state index contributed by atoms with van der Waals surface area (Å²) in [5, 5.41) is 17.0. The van der Waals surface area contributed by atoms with Crippen LogP contribution in [0.2, 0.25) is 0 Å². The summed E-state index contributed by atoms with van der Waals surface area (Å²) < 4.78 is 0. The van der Waals surface area contributed by atoms with E-state index >= 15 is 0 Å². The second-order valence-corrected chi connectivity index (χ2v) is 3.60. The molecule has 68 valence electrons. The zero-order valence-corrected chi connectivity index (χ0v) is 7.67. The smallest absolute Gasteiger partial charge is 0.133 e. The number of rotatable bonds is 3. The molecule has 0 aromatic heterocycles. The maximum atomic E-state index is 8.95. The van der Waals surface area contributed by atoms with Gasteiger partial charge in [-0.25, -0.2) is 0 Å². The third kappa shape index (κ3) is 2.34. The lowest BCUT2D eigenvalue weighted by Gasteiger charge is -2.22. The third-order valence-corrected chi connectivity index (χ3v) is 2.48. The van der Waals surface area contributed by atoms with E-state index in [1.807, 2.05) is 6.07 Å². The monoisotopic (exact) mass is 188 g/mol. The van der Waals surface area contributed by atoms with Crippen molar-refractivity contribution < 1.29 is 5.11 Å². The van der Waals surface area contributed by atoms with Crippen LogP contribution in [0.25, 0.3) is 0 Å². The number of nitrogens with zero attached hydrogens (tertiary/aromatic N) is 2. The van der Waals surface area contributed by atoms with Crippen molar-refractivity contribution in [3.63, 3.8) is 0 Å². The number of alkyl halides is 1. The minimum Gasteiger partial charge on any atom is -0.395 e. The summed E-state index contributed by atoms with van der Waals surface area (Å²) >= 11 is 5.68. The fraction of sp³-hybridized carbons (Fsp3) is 0.875. The molecule has 0 bridgehead atoms. The Labute approximate surface area is 77.5 Å². The topological polar surface area (TPSA) is 47.3 Å². The molecule has 0 saturated carbocycles. The minimum absolute atomic E-state index is 0.176. The summed E-state index contributed by atoms with van der Waals surface area (Å²) in [7, 11) is 0. The van der Waals surface area contributed by atoms with Crippen LogP contribution >= 0.6 is 11.6 Å². The lowest BCUT2D eigenvalue weighted by Crippen LogP contribution is -2.36. The van der Waals surface area contributed by atoms with Crippen molar-refractivity contribution in [2.24, 2.45) is 0 Å². The van der Waals surface area contributed by atoms with Gasteiger partial charge in [0, 0.05) is 12.6 Å². The molecule has 0 spiro atoms. The summed E-state index contributed by atoms with van der Waals surface area (Å²) in [6.45, 7) is 1.70. The first-order valence-electron chi connectivity index (χ1n) is 4.16. The molecule has 2 atom stereocenters. The van der Waals surface area contributed by atoms with Gasteiger partial charge in [0.05, 0.1) is 12.7 Å². The largest absolute Gasteiger partial charge is 0.395 e. The first-order valence-corrected chi connectivity index (χ1v) is 4.60. The number of aliphatic hydroxyl groups excluding tert-OH is 1. The van der Waals surface area contributed by atoms with Crippen molar-refractivity contribution >= 4 is 11.6 Å². The van der Waals surface area contributed by atoms with Gasteiger partial charge in [0.25, 0.3) is 0 Å². The van der Waals surface area contributed by atoms with Crippen LogP contribution < -0.4 is 0 Å². The lowest BCUT2D eigenvalue weighted by molar-refractivity contribution is 0.162. The second-order valence-electron chi connectivity index (χ2n) is 3.07. The average molecular weight is 189 g/mol. The highest BCUT2D eigenvalue weighted by Crippen LogP contribution is 2.17. The number of likely N-dealkylation sites (tertiary alicyclic amines) is 1. The number of nitriles is 1. The molecule has 1 saturated heterocycles. The van der Waals surface area contributed by atoms with Gasteiger partial charge in [-0.2, -0.15) is 5.26 Å². The molecule has 0 aromatic rings. The fourth-order valence-electron chi connectivity index (χ4n) is 1.59. The molecule has 1 fully saturated rings.